The lowest BCUT2D eigenvalue weighted by molar-refractivity contribution is -0.120. The Morgan fingerprint density at radius 1 is 1.23 bits per heavy atom. The Morgan fingerprint density at radius 2 is 2.03 bits per heavy atom. The molecule has 208 valence electrons. The van der Waals surface area contributed by atoms with Crippen molar-refractivity contribution in [2.45, 2.75) is 61.1 Å². The molecule has 0 bridgehead atoms. The van der Waals surface area contributed by atoms with Crippen molar-refractivity contribution in [3.05, 3.63) is 18.1 Å². The van der Waals surface area contributed by atoms with E-state index in [2.05, 4.69) is 42.7 Å². The molecule has 14 heteroatoms. The van der Waals surface area contributed by atoms with Crippen LogP contribution in [0.5, 0.6) is 0 Å². The van der Waals surface area contributed by atoms with Crippen LogP contribution in [0.15, 0.2) is 12.5 Å². The van der Waals surface area contributed by atoms with Gasteiger partial charge in [0.15, 0.2) is 0 Å². The van der Waals surface area contributed by atoms with Crippen molar-refractivity contribution >= 4 is 40.6 Å². The van der Waals surface area contributed by atoms with Crippen LogP contribution in [0.4, 0.5) is 10.6 Å². The first-order valence-corrected chi connectivity index (χ1v) is 14.2. The summed E-state index contributed by atoms with van der Waals surface area (Å²) in [4.78, 5) is 34.5. The Morgan fingerprint density at radius 3 is 2.82 bits per heavy atom. The minimum absolute atomic E-state index is 0.0703. The van der Waals surface area contributed by atoms with Gasteiger partial charge in [0.1, 0.15) is 36.1 Å². The number of aliphatic hydroxyl groups is 2. The molecular weight excluding hydrogens is 524 g/mol. The van der Waals surface area contributed by atoms with Crippen LogP contribution in [0.2, 0.25) is 0 Å². The molecule has 7 N–H and O–H groups in total. The molecule has 0 aromatic carbocycles. The van der Waals surface area contributed by atoms with Crippen LogP contribution in [-0.2, 0) is 16.1 Å². The molecule has 4 aliphatic heterocycles. The predicted molar refractivity (Wildman–Crippen MR) is 144 cm³/mol. The van der Waals surface area contributed by atoms with Gasteiger partial charge in [-0.25, -0.2) is 14.8 Å². The van der Waals surface area contributed by atoms with Crippen molar-refractivity contribution in [1.29, 1.82) is 0 Å². The van der Waals surface area contributed by atoms with Crippen LogP contribution in [0.25, 0.3) is 11.0 Å². The Hall–Kier alpha value is -3.09. The smallest absolute Gasteiger partial charge is 0.315 e. The lowest BCUT2D eigenvalue weighted by atomic mass is 10.0. The third-order valence-electron chi connectivity index (χ3n) is 7.69. The number of aromatic nitrogens is 3. The van der Waals surface area contributed by atoms with Gasteiger partial charge in [-0.1, -0.05) is 11.8 Å². The molecule has 4 saturated heterocycles. The summed E-state index contributed by atoms with van der Waals surface area (Å²) in [6, 6.07) is 0.0691. The number of nitrogen functional groups attached to an aromatic ring is 1. The van der Waals surface area contributed by atoms with Gasteiger partial charge in [-0.2, -0.15) is 11.8 Å². The lowest BCUT2D eigenvalue weighted by Crippen LogP contribution is -2.37. The van der Waals surface area contributed by atoms with Crippen molar-refractivity contribution in [2.75, 3.05) is 37.7 Å². The maximum absolute atomic E-state index is 12.4. The zero-order chi connectivity index (χ0) is 27.1. The van der Waals surface area contributed by atoms with Crippen LogP contribution < -0.4 is 21.7 Å². The van der Waals surface area contributed by atoms with E-state index in [1.165, 1.54) is 6.33 Å². The molecule has 2 aromatic heterocycles. The first-order chi connectivity index (χ1) is 18.9. The van der Waals surface area contributed by atoms with Gasteiger partial charge in [0.05, 0.1) is 42.2 Å². The number of aliphatic hydroxyl groups excluding tert-OH is 2. The van der Waals surface area contributed by atoms with E-state index in [-0.39, 0.29) is 48.2 Å². The standard InChI is InChI=1S/C25H32N8O5S/c26-23-19-13(2-1-5-27-18(34)4-3-17-20-14(11-39-17)30-25(37)31-20)8-33(24(19)29-12-28-23)10-16-22(36)21(35)15(38-16)9-32-6-7-32/h8,12,14-17,20-22,35-36H,3-7,9-11H2,(H,27,34)(H2,26,28,29)(H2,30,31,37)/t14?,15-,16+,17?,20?,21?,22-/m1/s1. The number of nitrogens with zero attached hydrogens (tertiary/aromatic N) is 4. The number of hydrogen-bond donors (Lipinski definition) is 6. The van der Waals surface area contributed by atoms with E-state index in [4.69, 9.17) is 10.5 Å². The number of carbonyl (C=O) groups excluding carboxylic acids is 2. The van der Waals surface area contributed by atoms with Crippen molar-refractivity contribution in [3.63, 3.8) is 0 Å². The molecule has 7 atom stereocenters. The number of hydrogen-bond acceptors (Lipinski definition) is 10. The zero-order valence-corrected chi connectivity index (χ0v) is 22.1. The SMILES string of the molecule is Nc1ncnc2c1c(C#CCNC(=O)CCC1SCC3NC(=O)NC31)cn2C[C@@H]1O[C@H](CN2CC2)C(O)[C@@H]1O. The van der Waals surface area contributed by atoms with Crippen LogP contribution in [0, 0.1) is 11.8 Å². The molecule has 0 radical (unpaired) electrons. The molecule has 3 amide bonds. The fraction of sp³-hybridized carbons (Fsp3) is 0.600. The van der Waals surface area contributed by atoms with E-state index in [1.54, 1.807) is 22.5 Å². The molecule has 6 heterocycles. The highest BCUT2D eigenvalue weighted by Gasteiger charge is 2.45. The predicted octanol–water partition coefficient (Wildman–Crippen LogP) is -1.77. The van der Waals surface area contributed by atoms with Gasteiger partial charge < -0.3 is 41.2 Å². The van der Waals surface area contributed by atoms with Crippen LogP contribution in [-0.4, -0.2) is 115 Å². The molecule has 0 aliphatic carbocycles. The van der Waals surface area contributed by atoms with Gasteiger partial charge in [0.25, 0.3) is 0 Å². The number of nitrogens with two attached hydrogens (primary N) is 1. The largest absolute Gasteiger partial charge is 0.388 e. The van der Waals surface area contributed by atoms with Crippen molar-refractivity contribution in [1.82, 2.24) is 35.4 Å². The minimum atomic E-state index is -1.02. The molecule has 0 saturated carbocycles. The highest BCUT2D eigenvalue weighted by Crippen LogP contribution is 2.33. The second kappa shape index (κ2) is 10.8. The number of rotatable bonds is 8. The Balaban J connectivity index is 1.07. The normalized spacial score (nSPS) is 31.4. The monoisotopic (exact) mass is 556 g/mol. The van der Waals surface area contributed by atoms with Crippen LogP contribution in [0.1, 0.15) is 18.4 Å². The number of urea groups is 1. The Kier molecular flexibility index (Phi) is 7.25. The second-order valence-electron chi connectivity index (χ2n) is 10.4. The summed E-state index contributed by atoms with van der Waals surface area (Å²) in [6.07, 6.45) is 1.14. The topological polar surface area (TPSA) is 180 Å². The summed E-state index contributed by atoms with van der Waals surface area (Å²) in [5.74, 6) is 7.07. The van der Waals surface area contributed by atoms with E-state index in [9.17, 15) is 19.8 Å². The van der Waals surface area contributed by atoms with E-state index in [0.29, 0.717) is 36.0 Å². The van der Waals surface area contributed by atoms with Gasteiger partial charge in [-0.3, -0.25) is 9.69 Å². The average Bonchev–Trinajstić information content (AvgIpc) is 3.26. The fourth-order valence-electron chi connectivity index (χ4n) is 5.50. The maximum Gasteiger partial charge on any atom is 0.315 e. The van der Waals surface area contributed by atoms with Gasteiger partial charge in [-0.15, -0.1) is 0 Å². The first kappa shape index (κ1) is 26.1. The average molecular weight is 557 g/mol. The van der Waals surface area contributed by atoms with Crippen molar-refractivity contribution in [2.24, 2.45) is 0 Å². The summed E-state index contributed by atoms with van der Waals surface area (Å²) in [5, 5.41) is 30.5. The van der Waals surface area contributed by atoms with Crippen LogP contribution in [0.3, 0.4) is 0 Å². The minimum Gasteiger partial charge on any atom is -0.388 e. The number of anilines is 1. The molecule has 13 nitrogen and oxygen atoms in total. The van der Waals surface area contributed by atoms with E-state index in [0.717, 1.165) is 18.8 Å². The highest BCUT2D eigenvalue weighted by atomic mass is 32.2. The Bertz CT molecular complexity index is 1320. The number of ether oxygens (including phenoxy) is 1. The summed E-state index contributed by atoms with van der Waals surface area (Å²) in [6.45, 7) is 2.97. The summed E-state index contributed by atoms with van der Waals surface area (Å²) in [5.41, 5.74) is 7.30. The molecule has 39 heavy (non-hydrogen) atoms. The first-order valence-electron chi connectivity index (χ1n) is 13.1. The third kappa shape index (κ3) is 5.50. The number of fused-ring (bicyclic) bond motifs is 2. The fourth-order valence-corrected chi connectivity index (χ4v) is 6.99. The van der Waals surface area contributed by atoms with Gasteiger partial charge in [-0.05, 0) is 6.42 Å². The molecule has 4 aliphatic rings. The summed E-state index contributed by atoms with van der Waals surface area (Å²) in [7, 11) is 0. The second-order valence-corrected chi connectivity index (χ2v) is 11.7. The van der Waals surface area contributed by atoms with Crippen molar-refractivity contribution < 1.29 is 24.5 Å². The van der Waals surface area contributed by atoms with E-state index < -0.39 is 24.4 Å². The van der Waals surface area contributed by atoms with Gasteiger partial charge >= 0.3 is 6.03 Å². The summed E-state index contributed by atoms with van der Waals surface area (Å²) < 4.78 is 7.80. The lowest BCUT2D eigenvalue weighted by Gasteiger charge is -2.16. The number of thioether (sulfide) groups is 1. The molecular formula is C25H32N8O5S. The molecule has 4 unspecified atom stereocenters. The zero-order valence-electron chi connectivity index (χ0n) is 21.2. The Labute approximate surface area is 229 Å². The maximum atomic E-state index is 12.4. The molecule has 2 aromatic rings. The van der Waals surface area contributed by atoms with Gasteiger partial charge in [0, 0.05) is 43.3 Å². The van der Waals surface area contributed by atoms with Crippen molar-refractivity contribution in [3.8, 4) is 11.8 Å². The third-order valence-corrected chi connectivity index (χ3v) is 9.20. The highest BCUT2D eigenvalue weighted by molar-refractivity contribution is 8.00. The van der Waals surface area contributed by atoms with Crippen LogP contribution >= 0.6 is 11.8 Å². The van der Waals surface area contributed by atoms with E-state index >= 15 is 0 Å². The number of carbonyl (C=O) groups is 2. The number of amides is 3. The van der Waals surface area contributed by atoms with E-state index in [1.807, 2.05) is 0 Å². The number of nitrogens with one attached hydrogen (secondary N) is 3. The summed E-state index contributed by atoms with van der Waals surface area (Å²) >= 11 is 1.77. The van der Waals surface area contributed by atoms with Gasteiger partial charge in [0.2, 0.25) is 5.91 Å². The quantitative estimate of drug-likeness (QED) is 0.124. The molecule has 6 rings (SSSR count). The molecule has 4 fully saturated rings. The molecule has 0 spiro atoms.